The third-order valence-electron chi connectivity index (χ3n) is 1.19. The van der Waals surface area contributed by atoms with Crippen molar-refractivity contribution in [2.24, 2.45) is 11.1 Å². The fraction of sp³-hybridized carbons (Fsp3) is 0.857. The second-order valence-corrected chi connectivity index (χ2v) is 2.62. The van der Waals surface area contributed by atoms with E-state index in [2.05, 4.69) is 19.0 Å². The van der Waals surface area contributed by atoms with Gasteiger partial charge in [-0.3, -0.25) is 0 Å². The summed E-state index contributed by atoms with van der Waals surface area (Å²) in [5.74, 6) is 0.593. The minimum absolute atomic E-state index is 0.593. The van der Waals surface area contributed by atoms with Gasteiger partial charge < -0.3 is 5.21 Å². The van der Waals surface area contributed by atoms with Crippen molar-refractivity contribution in [3.63, 3.8) is 0 Å². The standard InChI is InChI=1S/C7H15NO/c1-4-7(8-9)5-6(2)3/h6,9H,4-5H2,1-3H3. The summed E-state index contributed by atoms with van der Waals surface area (Å²) >= 11 is 0. The van der Waals surface area contributed by atoms with E-state index in [-0.39, 0.29) is 0 Å². The van der Waals surface area contributed by atoms with Gasteiger partial charge in [0.2, 0.25) is 0 Å². The predicted molar refractivity (Wildman–Crippen MR) is 39.0 cm³/mol. The van der Waals surface area contributed by atoms with Crippen molar-refractivity contribution in [3.05, 3.63) is 0 Å². The van der Waals surface area contributed by atoms with E-state index in [4.69, 9.17) is 5.21 Å². The highest BCUT2D eigenvalue weighted by Gasteiger charge is 1.99. The molecule has 0 aromatic heterocycles. The molecule has 2 nitrogen and oxygen atoms in total. The number of nitrogens with zero attached hydrogens (tertiary/aromatic N) is 1. The van der Waals surface area contributed by atoms with Crippen molar-refractivity contribution in [1.82, 2.24) is 0 Å². The lowest BCUT2D eigenvalue weighted by Gasteiger charge is -2.02. The molecular formula is C7H15NO. The first kappa shape index (κ1) is 8.47. The summed E-state index contributed by atoms with van der Waals surface area (Å²) in [4.78, 5) is 0. The first-order valence-corrected chi connectivity index (χ1v) is 3.40. The second kappa shape index (κ2) is 4.36. The molecule has 0 saturated carbocycles. The van der Waals surface area contributed by atoms with Gasteiger partial charge in [-0.2, -0.15) is 0 Å². The monoisotopic (exact) mass is 129 g/mol. The molecular weight excluding hydrogens is 114 g/mol. The summed E-state index contributed by atoms with van der Waals surface area (Å²) < 4.78 is 0. The molecule has 0 radical (unpaired) electrons. The van der Waals surface area contributed by atoms with Gasteiger partial charge in [0.1, 0.15) is 0 Å². The Balaban J connectivity index is 3.58. The minimum atomic E-state index is 0.593. The van der Waals surface area contributed by atoms with E-state index < -0.39 is 0 Å². The van der Waals surface area contributed by atoms with Crippen LogP contribution in [0, 0.1) is 5.92 Å². The Morgan fingerprint density at radius 2 is 2.11 bits per heavy atom. The van der Waals surface area contributed by atoms with E-state index in [0.29, 0.717) is 5.92 Å². The second-order valence-electron chi connectivity index (χ2n) is 2.62. The first-order chi connectivity index (χ1) is 4.20. The maximum absolute atomic E-state index is 8.36. The molecule has 0 aromatic carbocycles. The maximum Gasteiger partial charge on any atom is 0.0570 e. The minimum Gasteiger partial charge on any atom is -0.411 e. The molecule has 0 aliphatic carbocycles. The summed E-state index contributed by atoms with van der Waals surface area (Å²) in [6.07, 6.45) is 1.77. The van der Waals surface area contributed by atoms with Gasteiger partial charge in [0.25, 0.3) is 0 Å². The zero-order valence-corrected chi connectivity index (χ0v) is 6.39. The SMILES string of the molecule is CCC(CC(C)C)=NO. The molecule has 0 spiro atoms. The Bertz CT molecular complexity index is 97.1. The van der Waals surface area contributed by atoms with Crippen LogP contribution in [0.2, 0.25) is 0 Å². The molecule has 0 unspecified atom stereocenters. The van der Waals surface area contributed by atoms with Crippen LogP contribution in [-0.2, 0) is 0 Å². The van der Waals surface area contributed by atoms with Gasteiger partial charge >= 0.3 is 0 Å². The van der Waals surface area contributed by atoms with Gasteiger partial charge in [0.15, 0.2) is 0 Å². The van der Waals surface area contributed by atoms with E-state index in [9.17, 15) is 0 Å². The van der Waals surface area contributed by atoms with Gasteiger partial charge in [0.05, 0.1) is 5.71 Å². The van der Waals surface area contributed by atoms with Crippen molar-refractivity contribution in [1.29, 1.82) is 0 Å². The topological polar surface area (TPSA) is 32.6 Å². The highest BCUT2D eigenvalue weighted by atomic mass is 16.4. The van der Waals surface area contributed by atoms with Gasteiger partial charge in [-0.25, -0.2) is 0 Å². The van der Waals surface area contributed by atoms with Crippen LogP contribution in [-0.4, -0.2) is 10.9 Å². The lowest BCUT2D eigenvalue weighted by atomic mass is 10.1. The first-order valence-electron chi connectivity index (χ1n) is 3.40. The quantitative estimate of drug-likeness (QED) is 0.354. The Hall–Kier alpha value is -0.530. The molecule has 54 valence electrons. The summed E-state index contributed by atoms with van der Waals surface area (Å²) in [6, 6.07) is 0. The highest BCUT2D eigenvalue weighted by Crippen LogP contribution is 2.03. The summed E-state index contributed by atoms with van der Waals surface area (Å²) in [7, 11) is 0. The van der Waals surface area contributed by atoms with E-state index in [1.54, 1.807) is 0 Å². The summed E-state index contributed by atoms with van der Waals surface area (Å²) in [6.45, 7) is 6.22. The Labute approximate surface area is 56.6 Å². The molecule has 1 N–H and O–H groups in total. The lowest BCUT2D eigenvalue weighted by Crippen LogP contribution is -2.00. The largest absolute Gasteiger partial charge is 0.411 e. The molecule has 0 atom stereocenters. The van der Waals surface area contributed by atoms with Crippen molar-refractivity contribution in [2.75, 3.05) is 0 Å². The fourth-order valence-electron chi connectivity index (χ4n) is 0.727. The molecule has 9 heavy (non-hydrogen) atoms. The van der Waals surface area contributed by atoms with Crippen molar-refractivity contribution < 1.29 is 5.21 Å². The van der Waals surface area contributed by atoms with Crippen LogP contribution in [0.4, 0.5) is 0 Å². The summed E-state index contributed by atoms with van der Waals surface area (Å²) in [5, 5.41) is 11.5. The average molecular weight is 129 g/mol. The summed E-state index contributed by atoms with van der Waals surface area (Å²) in [5.41, 5.74) is 0.894. The van der Waals surface area contributed by atoms with E-state index >= 15 is 0 Å². The van der Waals surface area contributed by atoms with Crippen LogP contribution >= 0.6 is 0 Å². The Morgan fingerprint density at radius 3 is 2.22 bits per heavy atom. The van der Waals surface area contributed by atoms with Gasteiger partial charge in [-0.15, -0.1) is 0 Å². The number of hydrogen-bond donors (Lipinski definition) is 1. The van der Waals surface area contributed by atoms with E-state index in [1.807, 2.05) is 6.92 Å². The maximum atomic E-state index is 8.36. The molecule has 0 amide bonds. The van der Waals surface area contributed by atoms with Crippen LogP contribution in [0.15, 0.2) is 5.16 Å². The van der Waals surface area contributed by atoms with Crippen LogP contribution in [0.1, 0.15) is 33.6 Å². The predicted octanol–water partition coefficient (Wildman–Crippen LogP) is 2.27. The van der Waals surface area contributed by atoms with E-state index in [0.717, 1.165) is 18.6 Å². The zero-order chi connectivity index (χ0) is 7.28. The Morgan fingerprint density at radius 1 is 1.56 bits per heavy atom. The van der Waals surface area contributed by atoms with Crippen molar-refractivity contribution in [2.45, 2.75) is 33.6 Å². The zero-order valence-electron chi connectivity index (χ0n) is 6.39. The molecule has 0 fully saturated rings. The highest BCUT2D eigenvalue weighted by molar-refractivity contribution is 5.83. The molecule has 0 aromatic rings. The smallest absolute Gasteiger partial charge is 0.0570 e. The molecule has 0 rings (SSSR count). The van der Waals surface area contributed by atoms with Crippen molar-refractivity contribution in [3.8, 4) is 0 Å². The molecule has 2 heteroatoms. The molecule has 0 aliphatic heterocycles. The van der Waals surface area contributed by atoms with Crippen LogP contribution in [0.5, 0.6) is 0 Å². The lowest BCUT2D eigenvalue weighted by molar-refractivity contribution is 0.315. The fourth-order valence-corrected chi connectivity index (χ4v) is 0.727. The van der Waals surface area contributed by atoms with E-state index in [1.165, 1.54) is 0 Å². The molecule has 0 heterocycles. The number of oxime groups is 1. The van der Waals surface area contributed by atoms with Gasteiger partial charge in [0, 0.05) is 0 Å². The molecule has 0 saturated heterocycles. The normalized spacial score (nSPS) is 12.7. The Kier molecular flexibility index (Phi) is 4.10. The number of hydrogen-bond acceptors (Lipinski definition) is 2. The van der Waals surface area contributed by atoms with Crippen LogP contribution < -0.4 is 0 Å². The molecule has 0 bridgehead atoms. The van der Waals surface area contributed by atoms with Crippen LogP contribution in [0.25, 0.3) is 0 Å². The van der Waals surface area contributed by atoms with Gasteiger partial charge in [-0.05, 0) is 18.8 Å². The van der Waals surface area contributed by atoms with Gasteiger partial charge in [-0.1, -0.05) is 25.9 Å². The third kappa shape index (κ3) is 4.01. The number of rotatable bonds is 3. The third-order valence-corrected chi connectivity index (χ3v) is 1.19. The molecule has 0 aliphatic rings. The van der Waals surface area contributed by atoms with Crippen LogP contribution in [0.3, 0.4) is 0 Å². The van der Waals surface area contributed by atoms with Crippen molar-refractivity contribution >= 4 is 5.71 Å². The average Bonchev–Trinajstić information content (AvgIpc) is 1.82.